The number of H-pyrrole nitrogens is 1. The highest BCUT2D eigenvalue weighted by Gasteiger charge is 2.02. The van der Waals surface area contributed by atoms with Gasteiger partial charge in [-0.15, -0.1) is 0 Å². The van der Waals surface area contributed by atoms with Crippen molar-refractivity contribution in [1.82, 2.24) is 9.97 Å². The molecule has 0 aliphatic heterocycles. The Morgan fingerprint density at radius 3 is 3.07 bits per heavy atom. The molecular weight excluding hydrogens is 192 g/mol. The molecule has 2 rings (SSSR count). The predicted molar refractivity (Wildman–Crippen MR) is 57.7 cm³/mol. The maximum Gasteiger partial charge on any atom is 0.251 e. The number of aryl methyl sites for hydroxylation is 1. The molecule has 2 aromatic heterocycles. The van der Waals surface area contributed by atoms with Crippen LogP contribution >= 0.6 is 0 Å². The van der Waals surface area contributed by atoms with Gasteiger partial charge in [0.15, 0.2) is 0 Å². The molecule has 0 aliphatic carbocycles. The lowest BCUT2D eigenvalue weighted by Gasteiger charge is -2.01. The predicted octanol–water partition coefficient (Wildman–Crippen LogP) is 0.978. The van der Waals surface area contributed by atoms with E-state index in [2.05, 4.69) is 9.97 Å². The minimum absolute atomic E-state index is 0.0184. The number of aliphatic hydroxyl groups is 1. The molecule has 4 heteroatoms. The largest absolute Gasteiger partial charge is 0.392 e. The molecule has 0 aromatic carbocycles. The lowest BCUT2D eigenvalue weighted by atomic mass is 10.2. The minimum Gasteiger partial charge on any atom is -0.392 e. The number of aromatic nitrogens is 2. The van der Waals surface area contributed by atoms with Crippen molar-refractivity contribution >= 4 is 11.0 Å². The Hall–Kier alpha value is -1.68. The number of hydrogen-bond donors (Lipinski definition) is 2. The molecule has 15 heavy (non-hydrogen) atoms. The van der Waals surface area contributed by atoms with Crippen molar-refractivity contribution in [3.05, 3.63) is 39.8 Å². The van der Waals surface area contributed by atoms with E-state index in [1.165, 1.54) is 12.3 Å². The summed E-state index contributed by atoms with van der Waals surface area (Å²) >= 11 is 0. The van der Waals surface area contributed by atoms with Crippen LogP contribution in [0.1, 0.15) is 20.8 Å². The topological polar surface area (TPSA) is 66.0 Å². The van der Waals surface area contributed by atoms with Gasteiger partial charge in [0.2, 0.25) is 0 Å². The van der Waals surface area contributed by atoms with Gasteiger partial charge in [-0.1, -0.05) is 6.92 Å². The van der Waals surface area contributed by atoms with Crippen LogP contribution in [-0.4, -0.2) is 15.1 Å². The average molecular weight is 206 g/mol. The summed E-state index contributed by atoms with van der Waals surface area (Å²) < 4.78 is 14.3. The summed E-state index contributed by atoms with van der Waals surface area (Å²) in [6.07, 6.45) is 1.87. The second kappa shape index (κ2) is 3.82. The van der Waals surface area contributed by atoms with Crippen LogP contribution in [0, 0.1) is 0 Å². The van der Waals surface area contributed by atoms with Gasteiger partial charge in [-0.05, 0) is 24.1 Å². The third-order valence-electron chi connectivity index (χ3n) is 2.28. The Bertz CT molecular complexity index is 617. The van der Waals surface area contributed by atoms with E-state index < -0.39 is 6.56 Å². The van der Waals surface area contributed by atoms with Gasteiger partial charge in [0.05, 0.1) is 20.3 Å². The highest BCUT2D eigenvalue weighted by molar-refractivity contribution is 5.74. The fourth-order valence-electron chi connectivity index (χ4n) is 1.45. The van der Waals surface area contributed by atoms with E-state index in [0.717, 1.165) is 0 Å². The Morgan fingerprint density at radius 2 is 2.40 bits per heavy atom. The third kappa shape index (κ3) is 1.76. The maximum absolute atomic E-state index is 11.6. The molecule has 2 N–H and O–H groups in total. The highest BCUT2D eigenvalue weighted by Crippen LogP contribution is 2.10. The van der Waals surface area contributed by atoms with E-state index in [4.69, 9.17) is 2.74 Å². The van der Waals surface area contributed by atoms with Crippen molar-refractivity contribution in [2.24, 2.45) is 0 Å². The molecule has 78 valence electrons. The number of fused-ring (bicyclic) bond motifs is 1. The molecule has 2 aromatic rings. The van der Waals surface area contributed by atoms with Gasteiger partial charge in [0.25, 0.3) is 5.56 Å². The summed E-state index contributed by atoms with van der Waals surface area (Å²) in [4.78, 5) is 18.2. The molecule has 0 radical (unpaired) electrons. The SMILES string of the molecule is [2H]C([2H])(O)c1cnc2cc(CC)c(=O)[nH]c2c1. The van der Waals surface area contributed by atoms with Crippen LogP contribution in [0.2, 0.25) is 0 Å². The second-order valence-corrected chi connectivity index (χ2v) is 3.25. The molecule has 0 bridgehead atoms. The number of rotatable bonds is 2. The van der Waals surface area contributed by atoms with Gasteiger partial charge >= 0.3 is 0 Å². The number of pyridine rings is 2. The third-order valence-corrected chi connectivity index (χ3v) is 2.28. The molecular formula is C11H12N2O2. The zero-order valence-corrected chi connectivity index (χ0v) is 8.24. The minimum atomic E-state index is -2.46. The molecule has 0 aliphatic rings. The van der Waals surface area contributed by atoms with Crippen LogP contribution in [0.5, 0.6) is 0 Å². The van der Waals surface area contributed by atoms with Crippen LogP contribution in [-0.2, 0) is 13.0 Å². The first-order valence-corrected chi connectivity index (χ1v) is 4.66. The summed E-state index contributed by atoms with van der Waals surface area (Å²) in [5.41, 5.74) is 1.43. The van der Waals surface area contributed by atoms with Crippen LogP contribution in [0.25, 0.3) is 11.0 Å². The van der Waals surface area contributed by atoms with Crippen molar-refractivity contribution < 1.29 is 7.85 Å². The summed E-state index contributed by atoms with van der Waals surface area (Å²) in [6.45, 7) is -0.585. The van der Waals surface area contributed by atoms with Crippen molar-refractivity contribution in [3.8, 4) is 0 Å². The lowest BCUT2D eigenvalue weighted by molar-refractivity contribution is 0.281. The fourth-order valence-corrected chi connectivity index (χ4v) is 1.45. The van der Waals surface area contributed by atoms with E-state index in [1.54, 1.807) is 6.07 Å². The Kier molecular flexibility index (Phi) is 1.93. The van der Waals surface area contributed by atoms with Gasteiger partial charge in [-0.3, -0.25) is 9.78 Å². The van der Waals surface area contributed by atoms with E-state index >= 15 is 0 Å². The first kappa shape index (κ1) is 7.59. The quantitative estimate of drug-likeness (QED) is 0.769. The normalized spacial score (nSPS) is 13.7. The van der Waals surface area contributed by atoms with Gasteiger partial charge < -0.3 is 10.1 Å². The molecule has 0 spiro atoms. The number of nitrogens with one attached hydrogen (secondary N) is 1. The molecule has 4 nitrogen and oxygen atoms in total. The molecule has 0 saturated heterocycles. The Labute approximate surface area is 89.4 Å². The molecule has 0 atom stereocenters. The lowest BCUT2D eigenvalue weighted by Crippen LogP contribution is -2.11. The molecule has 0 amide bonds. The van der Waals surface area contributed by atoms with Crippen LogP contribution < -0.4 is 5.56 Å². The second-order valence-electron chi connectivity index (χ2n) is 3.25. The molecule has 2 heterocycles. The van der Waals surface area contributed by atoms with Crippen molar-refractivity contribution in [3.63, 3.8) is 0 Å². The number of nitrogens with zero attached hydrogens (tertiary/aromatic N) is 1. The summed E-state index contributed by atoms with van der Waals surface area (Å²) in [5.74, 6) is 0. The van der Waals surface area contributed by atoms with E-state index in [-0.39, 0.29) is 11.1 Å². The zero-order chi connectivity index (χ0) is 12.6. The molecule has 0 fully saturated rings. The monoisotopic (exact) mass is 206 g/mol. The fraction of sp³-hybridized carbons (Fsp3) is 0.273. The van der Waals surface area contributed by atoms with Gasteiger partial charge in [-0.25, -0.2) is 0 Å². The maximum atomic E-state index is 11.6. The summed E-state index contributed by atoms with van der Waals surface area (Å²) in [5, 5.41) is 9.22. The summed E-state index contributed by atoms with van der Waals surface area (Å²) in [6, 6.07) is 3.06. The molecule has 0 saturated carbocycles. The number of aromatic amines is 1. The molecule has 0 unspecified atom stereocenters. The van der Waals surface area contributed by atoms with E-state index in [9.17, 15) is 9.90 Å². The van der Waals surface area contributed by atoms with Crippen molar-refractivity contribution in [2.75, 3.05) is 0 Å². The zero-order valence-electron chi connectivity index (χ0n) is 10.2. The number of hydrogen-bond acceptors (Lipinski definition) is 3. The van der Waals surface area contributed by atoms with Crippen LogP contribution in [0.4, 0.5) is 0 Å². The van der Waals surface area contributed by atoms with Crippen LogP contribution in [0.15, 0.2) is 23.1 Å². The first-order valence-electron chi connectivity index (χ1n) is 5.66. The standard InChI is InChI=1S/C11H12N2O2/c1-2-8-4-9-10(13-11(8)15)3-7(6-14)5-12-9/h3-5,14H,2,6H2,1H3,(H,13,15)/i6D2. The first-order chi connectivity index (χ1) is 7.91. The van der Waals surface area contributed by atoms with Crippen molar-refractivity contribution in [2.45, 2.75) is 19.9 Å². The average Bonchev–Trinajstić information content (AvgIpc) is 2.26. The van der Waals surface area contributed by atoms with Gasteiger partial charge in [0, 0.05) is 11.8 Å². The van der Waals surface area contributed by atoms with Crippen LogP contribution in [0.3, 0.4) is 0 Å². The van der Waals surface area contributed by atoms with E-state index in [1.807, 2.05) is 6.92 Å². The Balaban J connectivity index is 2.68. The van der Waals surface area contributed by atoms with E-state index in [0.29, 0.717) is 23.0 Å². The van der Waals surface area contributed by atoms with Gasteiger partial charge in [-0.2, -0.15) is 0 Å². The van der Waals surface area contributed by atoms with Crippen molar-refractivity contribution in [1.29, 1.82) is 0 Å². The smallest absolute Gasteiger partial charge is 0.251 e. The van der Waals surface area contributed by atoms with Gasteiger partial charge in [0.1, 0.15) is 0 Å². The Morgan fingerprint density at radius 1 is 1.60 bits per heavy atom. The summed E-state index contributed by atoms with van der Waals surface area (Å²) in [7, 11) is 0. The highest BCUT2D eigenvalue weighted by atomic mass is 16.3.